The molecule has 0 saturated heterocycles. The summed E-state index contributed by atoms with van der Waals surface area (Å²) in [4.78, 5) is 20.9. The largest absolute Gasteiger partial charge is 0.273 e. The molecule has 0 saturated carbocycles. The van der Waals surface area contributed by atoms with Crippen LogP contribution in [0.4, 0.5) is 5.69 Å². The minimum atomic E-state index is -0.0900. The highest BCUT2D eigenvalue weighted by Crippen LogP contribution is 2.29. The molecule has 0 radical (unpaired) electrons. The summed E-state index contributed by atoms with van der Waals surface area (Å²) in [6.45, 7) is 1.98. The second-order valence-electron chi connectivity index (χ2n) is 4.95. The van der Waals surface area contributed by atoms with Crippen LogP contribution in [0, 0.1) is 0 Å². The van der Waals surface area contributed by atoms with Gasteiger partial charge in [-0.1, -0.05) is 55.5 Å². The van der Waals surface area contributed by atoms with E-state index in [0.717, 1.165) is 28.9 Å². The summed E-state index contributed by atoms with van der Waals surface area (Å²) in [7, 11) is 0. The van der Waals surface area contributed by atoms with Crippen molar-refractivity contribution in [1.82, 2.24) is 0 Å². The summed E-state index contributed by atoms with van der Waals surface area (Å²) in [5.74, 6) is -0.0900. The molecule has 1 amide bonds. The van der Waals surface area contributed by atoms with Crippen molar-refractivity contribution in [2.75, 3.05) is 0 Å². The van der Waals surface area contributed by atoms with Gasteiger partial charge in [-0.05, 0) is 12.5 Å². The number of carbonyl (C=O) groups is 1. The summed E-state index contributed by atoms with van der Waals surface area (Å²) in [5, 5.41) is 0. The van der Waals surface area contributed by atoms with Gasteiger partial charge >= 0.3 is 0 Å². The van der Waals surface area contributed by atoms with Crippen molar-refractivity contribution < 1.29 is 4.79 Å². The topological polar surface area (TPSA) is 41.8 Å². The molecular weight excluding hydrogens is 260 g/mol. The molecule has 0 N–H and O–H groups in total. The third-order valence-corrected chi connectivity index (χ3v) is 3.36. The van der Waals surface area contributed by atoms with Crippen LogP contribution in [0.5, 0.6) is 0 Å². The Morgan fingerprint density at radius 2 is 1.76 bits per heavy atom. The fourth-order valence-electron chi connectivity index (χ4n) is 2.38. The van der Waals surface area contributed by atoms with Gasteiger partial charge in [-0.25, -0.2) is 9.98 Å². The first-order valence-electron chi connectivity index (χ1n) is 7.15. The molecule has 21 heavy (non-hydrogen) atoms. The smallest absolute Gasteiger partial charge is 0.246 e. The van der Waals surface area contributed by atoms with Crippen LogP contribution in [0.2, 0.25) is 0 Å². The van der Waals surface area contributed by atoms with Crippen molar-refractivity contribution in [2.24, 2.45) is 9.98 Å². The van der Waals surface area contributed by atoms with Gasteiger partial charge < -0.3 is 0 Å². The number of aliphatic imine (C=N–C) groups is 2. The number of hydrogen-bond donors (Lipinski definition) is 0. The van der Waals surface area contributed by atoms with Gasteiger partial charge in [-0.3, -0.25) is 4.79 Å². The highest BCUT2D eigenvalue weighted by molar-refractivity contribution is 6.57. The maximum atomic E-state index is 11.9. The highest BCUT2D eigenvalue weighted by Gasteiger charge is 2.24. The van der Waals surface area contributed by atoms with Gasteiger partial charge in [0.05, 0.1) is 11.4 Å². The lowest BCUT2D eigenvalue weighted by molar-refractivity contribution is -0.117. The lowest BCUT2D eigenvalue weighted by atomic mass is 10.0. The monoisotopic (exact) mass is 276 g/mol. The molecule has 3 heteroatoms. The molecule has 3 rings (SSSR count). The van der Waals surface area contributed by atoms with Crippen LogP contribution in [0.1, 0.15) is 30.9 Å². The van der Waals surface area contributed by atoms with Gasteiger partial charge in [0.1, 0.15) is 5.71 Å². The summed E-state index contributed by atoms with van der Waals surface area (Å²) < 4.78 is 0. The molecule has 0 unspecified atom stereocenters. The van der Waals surface area contributed by atoms with E-state index < -0.39 is 0 Å². The molecule has 3 nitrogen and oxygen atoms in total. The summed E-state index contributed by atoms with van der Waals surface area (Å²) in [5.41, 5.74) is 4.26. The third-order valence-electron chi connectivity index (χ3n) is 3.36. The predicted octanol–water partition coefficient (Wildman–Crippen LogP) is 3.94. The van der Waals surface area contributed by atoms with Crippen LogP contribution < -0.4 is 0 Å². The van der Waals surface area contributed by atoms with Crippen LogP contribution in [0.3, 0.4) is 0 Å². The standard InChI is InChI=1S/C18H16N2O/c1-2-8-16(21)20-18-14-11-6-7-12-15(14)19-17(18)13-9-4-3-5-10-13/h3-7,9-12H,2,8H2,1H3. The van der Waals surface area contributed by atoms with E-state index in [2.05, 4.69) is 9.98 Å². The maximum Gasteiger partial charge on any atom is 0.246 e. The summed E-state index contributed by atoms with van der Waals surface area (Å²) >= 11 is 0. The lowest BCUT2D eigenvalue weighted by Gasteiger charge is -2.04. The minimum Gasteiger partial charge on any atom is -0.273 e. The molecular formula is C18H16N2O. The molecule has 0 spiro atoms. The molecule has 0 aromatic heterocycles. The van der Waals surface area contributed by atoms with Gasteiger partial charge in [-0.15, -0.1) is 0 Å². The van der Waals surface area contributed by atoms with Gasteiger partial charge in [-0.2, -0.15) is 0 Å². The first-order chi connectivity index (χ1) is 10.3. The van der Waals surface area contributed by atoms with E-state index in [9.17, 15) is 4.79 Å². The van der Waals surface area contributed by atoms with Crippen LogP contribution >= 0.6 is 0 Å². The Labute approximate surface area is 124 Å². The number of benzene rings is 2. The van der Waals surface area contributed by atoms with E-state index in [-0.39, 0.29) is 5.91 Å². The van der Waals surface area contributed by atoms with Crippen molar-refractivity contribution in [3.63, 3.8) is 0 Å². The lowest BCUT2D eigenvalue weighted by Crippen LogP contribution is -2.15. The van der Waals surface area contributed by atoms with E-state index in [1.807, 2.05) is 61.5 Å². The van der Waals surface area contributed by atoms with Crippen molar-refractivity contribution in [1.29, 1.82) is 0 Å². The molecule has 2 aromatic carbocycles. The van der Waals surface area contributed by atoms with E-state index in [0.29, 0.717) is 12.1 Å². The number of amides is 1. The van der Waals surface area contributed by atoms with E-state index >= 15 is 0 Å². The normalized spacial score (nSPS) is 14.9. The number of hydrogen-bond acceptors (Lipinski definition) is 2. The van der Waals surface area contributed by atoms with E-state index in [1.165, 1.54) is 0 Å². The number of fused-ring (bicyclic) bond motifs is 1. The minimum absolute atomic E-state index is 0.0900. The van der Waals surface area contributed by atoms with E-state index in [4.69, 9.17) is 0 Å². The van der Waals surface area contributed by atoms with Crippen molar-refractivity contribution in [2.45, 2.75) is 19.8 Å². The van der Waals surface area contributed by atoms with Crippen LogP contribution in [0.25, 0.3) is 0 Å². The molecule has 2 aromatic rings. The Morgan fingerprint density at radius 3 is 2.52 bits per heavy atom. The number of carbonyl (C=O) groups excluding carboxylic acids is 1. The zero-order chi connectivity index (χ0) is 14.7. The second kappa shape index (κ2) is 5.83. The molecule has 1 heterocycles. The predicted molar refractivity (Wildman–Crippen MR) is 85.5 cm³/mol. The Kier molecular flexibility index (Phi) is 3.73. The fraction of sp³-hybridized carbons (Fsp3) is 0.167. The quantitative estimate of drug-likeness (QED) is 0.837. The molecule has 0 aliphatic carbocycles. The zero-order valence-corrected chi connectivity index (χ0v) is 11.9. The van der Waals surface area contributed by atoms with Gasteiger partial charge in [0, 0.05) is 17.5 Å². The van der Waals surface area contributed by atoms with Gasteiger partial charge in [0.2, 0.25) is 5.91 Å². The summed E-state index contributed by atoms with van der Waals surface area (Å²) in [6.07, 6.45) is 1.27. The van der Waals surface area contributed by atoms with Crippen molar-refractivity contribution in [3.05, 3.63) is 65.7 Å². The summed E-state index contributed by atoms with van der Waals surface area (Å²) in [6, 6.07) is 17.7. The molecule has 104 valence electrons. The molecule has 0 bridgehead atoms. The first-order valence-corrected chi connectivity index (χ1v) is 7.15. The average molecular weight is 276 g/mol. The van der Waals surface area contributed by atoms with E-state index in [1.54, 1.807) is 0 Å². The second-order valence-corrected chi connectivity index (χ2v) is 4.95. The Balaban J connectivity index is 2.09. The zero-order valence-electron chi connectivity index (χ0n) is 11.9. The number of rotatable bonds is 3. The van der Waals surface area contributed by atoms with Crippen LogP contribution in [-0.2, 0) is 4.79 Å². The molecule has 1 aliphatic rings. The fourth-order valence-corrected chi connectivity index (χ4v) is 2.38. The van der Waals surface area contributed by atoms with Crippen LogP contribution in [-0.4, -0.2) is 17.3 Å². The van der Waals surface area contributed by atoms with Crippen molar-refractivity contribution in [3.8, 4) is 0 Å². The highest BCUT2D eigenvalue weighted by atomic mass is 16.1. The van der Waals surface area contributed by atoms with Gasteiger partial charge in [0.25, 0.3) is 0 Å². The maximum absolute atomic E-state index is 11.9. The molecule has 1 aliphatic heterocycles. The number of nitrogens with zero attached hydrogens (tertiary/aromatic N) is 2. The number of para-hydroxylation sites is 1. The first kappa shape index (κ1) is 13.4. The molecule has 0 atom stereocenters. The van der Waals surface area contributed by atoms with Crippen LogP contribution in [0.15, 0.2) is 64.6 Å². The Hall–Kier alpha value is -2.55. The Bertz CT molecular complexity index is 730. The van der Waals surface area contributed by atoms with Gasteiger partial charge in [0.15, 0.2) is 0 Å². The SMILES string of the molecule is CCCC(=O)N=C1C(c2ccccc2)=Nc2ccccc21. The molecule has 0 fully saturated rings. The third kappa shape index (κ3) is 2.68. The van der Waals surface area contributed by atoms with Crippen molar-refractivity contribution >= 4 is 23.0 Å². The Morgan fingerprint density at radius 1 is 1.05 bits per heavy atom. The average Bonchev–Trinajstić information content (AvgIpc) is 2.87.